The maximum Gasteiger partial charge on any atom is 0.328 e. The number of imidazole rings is 1. The van der Waals surface area contributed by atoms with Crippen molar-refractivity contribution in [2.45, 2.75) is 38.8 Å². The van der Waals surface area contributed by atoms with Crippen LogP contribution in [0.5, 0.6) is 0 Å². The van der Waals surface area contributed by atoms with E-state index in [1.165, 1.54) is 6.42 Å². The minimum atomic E-state index is -0.310. The van der Waals surface area contributed by atoms with Crippen molar-refractivity contribution in [2.24, 2.45) is 0 Å². The molecule has 17 heavy (non-hydrogen) atoms. The molecule has 1 aromatic rings. The minimum absolute atomic E-state index is 0.204. The highest BCUT2D eigenvalue weighted by molar-refractivity contribution is 5.73. The minimum Gasteiger partial charge on any atom is -0.464 e. The average molecular weight is 237 g/mol. The zero-order valence-electron chi connectivity index (χ0n) is 10.3. The summed E-state index contributed by atoms with van der Waals surface area (Å²) in [4.78, 5) is 15.9. The summed E-state index contributed by atoms with van der Waals surface area (Å²) in [6.45, 7) is 5.11. The molecule has 0 aromatic carbocycles. The average Bonchev–Trinajstić information content (AvgIpc) is 2.98. The second-order valence-electron chi connectivity index (χ2n) is 4.30. The lowest BCUT2D eigenvalue weighted by Crippen LogP contribution is -2.23. The van der Waals surface area contributed by atoms with Crippen LogP contribution in [0.3, 0.4) is 0 Å². The summed E-state index contributed by atoms with van der Waals surface area (Å²) in [6, 6.07) is 0.00391. The van der Waals surface area contributed by atoms with E-state index in [-0.39, 0.29) is 12.0 Å². The van der Waals surface area contributed by atoms with E-state index in [0.717, 1.165) is 18.7 Å². The SMILES string of the molecule is CCOC(=O)C(C)n1cncc1[C@@H]1CCCN1. The lowest BCUT2D eigenvalue weighted by atomic mass is 10.1. The van der Waals surface area contributed by atoms with Gasteiger partial charge in [0.1, 0.15) is 6.04 Å². The number of esters is 1. The fraction of sp³-hybridized carbons (Fsp3) is 0.667. The molecule has 5 heteroatoms. The highest BCUT2D eigenvalue weighted by Crippen LogP contribution is 2.25. The predicted octanol–water partition coefficient (Wildman–Crippen LogP) is 1.43. The summed E-state index contributed by atoms with van der Waals surface area (Å²) in [7, 11) is 0. The Morgan fingerprint density at radius 3 is 3.24 bits per heavy atom. The summed E-state index contributed by atoms with van der Waals surface area (Å²) >= 11 is 0. The Balaban J connectivity index is 2.15. The van der Waals surface area contributed by atoms with Crippen LogP contribution in [0.25, 0.3) is 0 Å². The topological polar surface area (TPSA) is 56.2 Å². The van der Waals surface area contributed by atoms with Gasteiger partial charge < -0.3 is 14.6 Å². The van der Waals surface area contributed by atoms with Crippen LogP contribution in [0.4, 0.5) is 0 Å². The van der Waals surface area contributed by atoms with Gasteiger partial charge in [-0.2, -0.15) is 0 Å². The Kier molecular flexibility index (Phi) is 3.78. The van der Waals surface area contributed by atoms with Crippen LogP contribution >= 0.6 is 0 Å². The van der Waals surface area contributed by atoms with Crippen LogP contribution in [-0.2, 0) is 9.53 Å². The van der Waals surface area contributed by atoms with Crippen molar-refractivity contribution in [3.05, 3.63) is 18.2 Å². The van der Waals surface area contributed by atoms with Gasteiger partial charge in [0.2, 0.25) is 0 Å². The maximum absolute atomic E-state index is 11.7. The molecule has 2 rings (SSSR count). The van der Waals surface area contributed by atoms with Crippen molar-refractivity contribution in [1.29, 1.82) is 0 Å². The third-order valence-electron chi connectivity index (χ3n) is 3.16. The number of nitrogens with one attached hydrogen (secondary N) is 1. The van der Waals surface area contributed by atoms with E-state index in [1.807, 2.05) is 24.6 Å². The van der Waals surface area contributed by atoms with Gasteiger partial charge in [-0.05, 0) is 33.2 Å². The van der Waals surface area contributed by atoms with E-state index in [9.17, 15) is 4.79 Å². The molecule has 0 spiro atoms. The molecule has 0 aliphatic carbocycles. The highest BCUT2D eigenvalue weighted by Gasteiger charge is 2.24. The molecule has 1 aliphatic rings. The smallest absolute Gasteiger partial charge is 0.328 e. The fourth-order valence-electron chi connectivity index (χ4n) is 2.22. The van der Waals surface area contributed by atoms with E-state index in [0.29, 0.717) is 12.6 Å². The molecule has 1 aromatic heterocycles. The van der Waals surface area contributed by atoms with Gasteiger partial charge in [-0.25, -0.2) is 9.78 Å². The number of aromatic nitrogens is 2. The molecule has 5 nitrogen and oxygen atoms in total. The number of nitrogens with zero attached hydrogens (tertiary/aromatic N) is 2. The molecule has 0 bridgehead atoms. The zero-order chi connectivity index (χ0) is 12.3. The van der Waals surface area contributed by atoms with Gasteiger partial charge in [0.15, 0.2) is 0 Å². The first-order chi connectivity index (χ1) is 8.24. The van der Waals surface area contributed by atoms with Gasteiger partial charge in [-0.15, -0.1) is 0 Å². The van der Waals surface area contributed by atoms with Crippen LogP contribution < -0.4 is 5.32 Å². The monoisotopic (exact) mass is 237 g/mol. The molecule has 0 amide bonds. The number of rotatable bonds is 4. The van der Waals surface area contributed by atoms with Crippen LogP contribution in [0.15, 0.2) is 12.5 Å². The molecule has 2 heterocycles. The molecule has 1 N–H and O–H groups in total. The van der Waals surface area contributed by atoms with Crippen LogP contribution in [0.2, 0.25) is 0 Å². The Morgan fingerprint density at radius 1 is 1.76 bits per heavy atom. The lowest BCUT2D eigenvalue weighted by Gasteiger charge is -2.18. The normalized spacial score (nSPS) is 21.4. The van der Waals surface area contributed by atoms with E-state index in [4.69, 9.17) is 4.74 Å². The van der Waals surface area contributed by atoms with Crippen LogP contribution in [0, 0.1) is 0 Å². The second kappa shape index (κ2) is 5.31. The Labute approximate surface area is 101 Å². The van der Waals surface area contributed by atoms with Gasteiger partial charge >= 0.3 is 5.97 Å². The third kappa shape index (κ3) is 2.49. The quantitative estimate of drug-likeness (QED) is 0.805. The number of carbonyl (C=O) groups excluding carboxylic acids is 1. The molecule has 0 saturated carbocycles. The maximum atomic E-state index is 11.7. The third-order valence-corrected chi connectivity index (χ3v) is 3.16. The Morgan fingerprint density at radius 2 is 2.59 bits per heavy atom. The van der Waals surface area contributed by atoms with Crippen molar-refractivity contribution in [3.8, 4) is 0 Å². The van der Waals surface area contributed by atoms with Crippen LogP contribution in [-0.4, -0.2) is 28.7 Å². The molecule has 94 valence electrons. The molecule has 1 unspecified atom stereocenters. The van der Waals surface area contributed by atoms with Gasteiger partial charge in [0, 0.05) is 12.2 Å². The van der Waals surface area contributed by atoms with Crippen molar-refractivity contribution in [1.82, 2.24) is 14.9 Å². The first-order valence-corrected chi connectivity index (χ1v) is 6.15. The lowest BCUT2D eigenvalue weighted by molar-refractivity contribution is -0.146. The molecular weight excluding hydrogens is 218 g/mol. The van der Waals surface area contributed by atoms with Gasteiger partial charge in [0.05, 0.1) is 18.6 Å². The van der Waals surface area contributed by atoms with Gasteiger partial charge in [-0.3, -0.25) is 0 Å². The van der Waals surface area contributed by atoms with Crippen molar-refractivity contribution in [3.63, 3.8) is 0 Å². The van der Waals surface area contributed by atoms with Crippen molar-refractivity contribution in [2.75, 3.05) is 13.2 Å². The summed E-state index contributed by atoms with van der Waals surface area (Å²) < 4.78 is 6.94. The molecule has 0 radical (unpaired) electrons. The molecular formula is C12H19N3O2. The molecule has 1 fully saturated rings. The summed E-state index contributed by atoms with van der Waals surface area (Å²) in [5.41, 5.74) is 1.07. The molecule has 1 saturated heterocycles. The van der Waals surface area contributed by atoms with Gasteiger partial charge in [-0.1, -0.05) is 0 Å². The summed E-state index contributed by atoms with van der Waals surface area (Å²) in [5, 5.41) is 3.41. The largest absolute Gasteiger partial charge is 0.464 e. The van der Waals surface area contributed by atoms with E-state index in [2.05, 4.69) is 10.3 Å². The summed E-state index contributed by atoms with van der Waals surface area (Å²) in [5.74, 6) is -0.204. The molecule has 2 atom stereocenters. The van der Waals surface area contributed by atoms with Gasteiger partial charge in [0.25, 0.3) is 0 Å². The van der Waals surface area contributed by atoms with E-state index < -0.39 is 0 Å². The van der Waals surface area contributed by atoms with E-state index >= 15 is 0 Å². The number of ether oxygens (including phenoxy) is 1. The van der Waals surface area contributed by atoms with Crippen molar-refractivity contribution >= 4 is 5.97 Å². The Hall–Kier alpha value is -1.36. The standard InChI is InChI=1S/C12H19N3O2/c1-3-17-12(16)9(2)15-8-13-7-11(15)10-5-4-6-14-10/h7-10,14H,3-6H2,1-2H3/t9?,10-/m0/s1. The predicted molar refractivity (Wildman–Crippen MR) is 63.5 cm³/mol. The second-order valence-corrected chi connectivity index (χ2v) is 4.30. The first kappa shape index (κ1) is 12.1. The highest BCUT2D eigenvalue weighted by atomic mass is 16.5. The first-order valence-electron chi connectivity index (χ1n) is 6.15. The van der Waals surface area contributed by atoms with Crippen molar-refractivity contribution < 1.29 is 9.53 Å². The number of carbonyl (C=O) groups is 1. The molecule has 1 aliphatic heterocycles. The fourth-order valence-corrected chi connectivity index (χ4v) is 2.22. The summed E-state index contributed by atoms with van der Waals surface area (Å²) in [6.07, 6.45) is 5.81. The van der Waals surface area contributed by atoms with Crippen LogP contribution in [0.1, 0.15) is 44.5 Å². The zero-order valence-corrected chi connectivity index (χ0v) is 10.3. The van der Waals surface area contributed by atoms with E-state index in [1.54, 1.807) is 6.33 Å². The number of hydrogen-bond donors (Lipinski definition) is 1. The number of hydrogen-bond acceptors (Lipinski definition) is 4. The Bertz CT molecular complexity index is 383.